The Labute approximate surface area is 99.9 Å². The molecule has 0 amide bonds. The molecule has 0 aromatic heterocycles. The third kappa shape index (κ3) is 6.85. The maximum Gasteiger partial charge on any atom is 0.389 e. The molecule has 17 heavy (non-hydrogen) atoms. The van der Waals surface area contributed by atoms with Gasteiger partial charge in [-0.1, -0.05) is 0 Å². The summed E-state index contributed by atoms with van der Waals surface area (Å²) in [6.07, 6.45) is 0.0132. The van der Waals surface area contributed by atoms with E-state index in [1.807, 2.05) is 0 Å². The molecule has 0 aromatic rings. The third-order valence-corrected chi connectivity index (χ3v) is 3.12. The van der Waals surface area contributed by atoms with Crippen molar-refractivity contribution in [3.8, 4) is 0 Å². The Kier molecular flexibility index (Phi) is 6.22. The topological polar surface area (TPSA) is 47.3 Å². The van der Waals surface area contributed by atoms with Gasteiger partial charge in [-0.2, -0.15) is 13.2 Å². The third-order valence-electron chi connectivity index (χ3n) is 3.12. The fourth-order valence-corrected chi connectivity index (χ4v) is 2.07. The van der Waals surface area contributed by atoms with E-state index in [0.29, 0.717) is 6.42 Å². The molecule has 3 N–H and O–H groups in total. The first-order valence-electron chi connectivity index (χ1n) is 6.16. The number of rotatable bonds is 6. The molecule has 0 aliphatic carbocycles. The van der Waals surface area contributed by atoms with Crippen LogP contribution in [-0.2, 0) is 4.74 Å². The average molecular weight is 254 g/mol. The smallest absolute Gasteiger partial charge is 0.378 e. The van der Waals surface area contributed by atoms with E-state index in [1.165, 1.54) is 0 Å². The molecule has 1 rings (SSSR count). The number of hydrogen-bond donors (Lipinski definition) is 2. The lowest BCUT2D eigenvalue weighted by molar-refractivity contribution is -0.136. The second kappa shape index (κ2) is 7.18. The number of nitrogens with two attached hydrogens (primary N) is 1. The van der Waals surface area contributed by atoms with Gasteiger partial charge in [0, 0.05) is 19.1 Å². The van der Waals surface area contributed by atoms with Crippen LogP contribution in [0.25, 0.3) is 0 Å². The first-order chi connectivity index (χ1) is 8.01. The summed E-state index contributed by atoms with van der Waals surface area (Å²) in [7, 11) is 0. The minimum atomic E-state index is -4.10. The van der Waals surface area contributed by atoms with Crippen LogP contribution in [-0.4, -0.2) is 24.9 Å². The Hall–Kier alpha value is -0.330. The number of halogens is 3. The van der Waals surface area contributed by atoms with Crippen LogP contribution in [0.15, 0.2) is 0 Å². The lowest BCUT2D eigenvalue weighted by Crippen LogP contribution is -2.37. The van der Waals surface area contributed by atoms with Crippen LogP contribution in [0.3, 0.4) is 0 Å². The standard InChI is InChI=1S/C11H21F3N2O/c12-11(13,14)7-6-9(16-15)4-5-10-3-1-2-8-17-10/h9-10,16H,1-8,15H2. The predicted octanol–water partition coefficient (Wildman–Crippen LogP) is 2.51. The fourth-order valence-electron chi connectivity index (χ4n) is 2.07. The highest BCUT2D eigenvalue weighted by atomic mass is 19.4. The molecule has 1 fully saturated rings. The van der Waals surface area contributed by atoms with Crippen LogP contribution in [0, 0.1) is 0 Å². The van der Waals surface area contributed by atoms with Crippen LogP contribution in [0.1, 0.15) is 44.9 Å². The zero-order valence-electron chi connectivity index (χ0n) is 9.93. The first-order valence-corrected chi connectivity index (χ1v) is 6.16. The molecule has 6 heteroatoms. The van der Waals surface area contributed by atoms with Gasteiger partial charge in [-0.05, 0) is 38.5 Å². The number of hydrogen-bond acceptors (Lipinski definition) is 3. The van der Waals surface area contributed by atoms with Crippen molar-refractivity contribution >= 4 is 0 Å². The molecular weight excluding hydrogens is 233 g/mol. The van der Waals surface area contributed by atoms with Gasteiger partial charge >= 0.3 is 6.18 Å². The monoisotopic (exact) mass is 254 g/mol. The Bertz CT molecular complexity index is 205. The number of ether oxygens (including phenoxy) is 1. The normalized spacial score (nSPS) is 23.6. The lowest BCUT2D eigenvalue weighted by atomic mass is 9.99. The Morgan fingerprint density at radius 1 is 1.29 bits per heavy atom. The minimum absolute atomic E-state index is 0.0344. The van der Waals surface area contributed by atoms with Crippen molar-refractivity contribution in [2.45, 2.75) is 63.3 Å². The number of hydrazine groups is 1. The lowest BCUT2D eigenvalue weighted by Gasteiger charge is -2.24. The van der Waals surface area contributed by atoms with Gasteiger partial charge in [0.15, 0.2) is 0 Å². The van der Waals surface area contributed by atoms with Gasteiger partial charge in [0.1, 0.15) is 0 Å². The molecule has 0 saturated carbocycles. The highest BCUT2D eigenvalue weighted by Gasteiger charge is 2.28. The van der Waals surface area contributed by atoms with Gasteiger partial charge in [0.2, 0.25) is 0 Å². The second-order valence-electron chi connectivity index (χ2n) is 4.58. The van der Waals surface area contributed by atoms with Crippen molar-refractivity contribution in [2.24, 2.45) is 5.84 Å². The molecule has 2 unspecified atom stereocenters. The van der Waals surface area contributed by atoms with E-state index in [-0.39, 0.29) is 18.6 Å². The van der Waals surface area contributed by atoms with Crippen molar-refractivity contribution < 1.29 is 17.9 Å². The van der Waals surface area contributed by atoms with E-state index < -0.39 is 12.6 Å². The molecular formula is C11H21F3N2O. The fraction of sp³-hybridized carbons (Fsp3) is 1.00. The van der Waals surface area contributed by atoms with Crippen molar-refractivity contribution in [3.63, 3.8) is 0 Å². The molecule has 1 aliphatic heterocycles. The highest BCUT2D eigenvalue weighted by molar-refractivity contribution is 4.71. The molecule has 2 atom stereocenters. The molecule has 102 valence electrons. The Balaban J connectivity index is 2.17. The molecule has 1 aliphatic rings. The molecule has 0 spiro atoms. The van der Waals surface area contributed by atoms with Crippen molar-refractivity contribution in [1.29, 1.82) is 0 Å². The Morgan fingerprint density at radius 2 is 2.06 bits per heavy atom. The van der Waals surface area contributed by atoms with Crippen molar-refractivity contribution in [2.75, 3.05) is 6.61 Å². The predicted molar refractivity (Wildman–Crippen MR) is 59.2 cm³/mol. The molecule has 1 saturated heterocycles. The summed E-state index contributed by atoms with van der Waals surface area (Å²) < 4.78 is 41.7. The summed E-state index contributed by atoms with van der Waals surface area (Å²) in [5, 5.41) is 0. The van der Waals surface area contributed by atoms with E-state index in [2.05, 4.69) is 5.43 Å². The van der Waals surface area contributed by atoms with Gasteiger partial charge < -0.3 is 4.74 Å². The molecule has 0 bridgehead atoms. The van der Waals surface area contributed by atoms with Crippen LogP contribution >= 0.6 is 0 Å². The highest BCUT2D eigenvalue weighted by Crippen LogP contribution is 2.24. The van der Waals surface area contributed by atoms with Crippen LogP contribution in [0.5, 0.6) is 0 Å². The maximum atomic E-state index is 12.1. The van der Waals surface area contributed by atoms with Gasteiger partial charge in [0.05, 0.1) is 6.10 Å². The average Bonchev–Trinajstić information content (AvgIpc) is 2.29. The first kappa shape index (κ1) is 14.7. The van der Waals surface area contributed by atoms with E-state index in [4.69, 9.17) is 10.6 Å². The van der Waals surface area contributed by atoms with Gasteiger partial charge in [-0.3, -0.25) is 11.3 Å². The van der Waals surface area contributed by atoms with Gasteiger partial charge in [0.25, 0.3) is 0 Å². The minimum Gasteiger partial charge on any atom is -0.378 e. The summed E-state index contributed by atoms with van der Waals surface area (Å²) in [5.74, 6) is 5.26. The van der Waals surface area contributed by atoms with Crippen molar-refractivity contribution in [3.05, 3.63) is 0 Å². The SMILES string of the molecule is NNC(CCC1CCCCO1)CCC(F)(F)F. The van der Waals surface area contributed by atoms with E-state index >= 15 is 0 Å². The quantitative estimate of drug-likeness (QED) is 0.565. The van der Waals surface area contributed by atoms with E-state index in [0.717, 1.165) is 32.3 Å². The number of alkyl halides is 3. The zero-order chi connectivity index (χ0) is 12.7. The van der Waals surface area contributed by atoms with Gasteiger partial charge in [-0.25, -0.2) is 0 Å². The van der Waals surface area contributed by atoms with Crippen LogP contribution < -0.4 is 11.3 Å². The summed E-state index contributed by atoms with van der Waals surface area (Å²) in [6, 6.07) is -0.276. The largest absolute Gasteiger partial charge is 0.389 e. The van der Waals surface area contributed by atoms with Gasteiger partial charge in [-0.15, -0.1) is 0 Å². The maximum absolute atomic E-state index is 12.1. The summed E-state index contributed by atoms with van der Waals surface area (Å²) in [6.45, 7) is 0.772. The molecule has 1 heterocycles. The molecule has 0 radical (unpaired) electrons. The molecule has 0 aromatic carbocycles. The second-order valence-corrected chi connectivity index (χ2v) is 4.58. The van der Waals surface area contributed by atoms with Crippen molar-refractivity contribution in [1.82, 2.24) is 5.43 Å². The van der Waals surface area contributed by atoms with E-state index in [9.17, 15) is 13.2 Å². The Morgan fingerprint density at radius 3 is 2.59 bits per heavy atom. The number of nitrogens with one attached hydrogen (secondary N) is 1. The summed E-state index contributed by atoms with van der Waals surface area (Å²) >= 11 is 0. The van der Waals surface area contributed by atoms with Crippen LogP contribution in [0.4, 0.5) is 13.2 Å². The zero-order valence-corrected chi connectivity index (χ0v) is 9.93. The van der Waals surface area contributed by atoms with E-state index in [1.54, 1.807) is 0 Å². The molecule has 3 nitrogen and oxygen atoms in total. The van der Waals surface area contributed by atoms with Crippen LogP contribution in [0.2, 0.25) is 0 Å². The summed E-state index contributed by atoms with van der Waals surface area (Å²) in [4.78, 5) is 0. The summed E-state index contributed by atoms with van der Waals surface area (Å²) in [5.41, 5.74) is 2.46.